The molecular formula is C21H23F3N2O2S. The van der Waals surface area contributed by atoms with E-state index in [1.165, 1.54) is 7.11 Å². The molecule has 0 spiro atoms. The summed E-state index contributed by atoms with van der Waals surface area (Å²) in [7, 11) is 1.27. The van der Waals surface area contributed by atoms with Crippen LogP contribution in [-0.4, -0.2) is 32.4 Å². The molecule has 2 aromatic rings. The van der Waals surface area contributed by atoms with Crippen LogP contribution in [-0.2, 0) is 11.7 Å². The van der Waals surface area contributed by atoms with E-state index in [4.69, 9.17) is 4.74 Å². The van der Waals surface area contributed by atoms with Gasteiger partial charge in [0.1, 0.15) is 5.75 Å². The molecule has 1 amide bonds. The fraction of sp³-hybridized carbons (Fsp3) is 0.381. The highest BCUT2D eigenvalue weighted by Crippen LogP contribution is 2.39. The minimum Gasteiger partial charge on any atom is -0.496 e. The third kappa shape index (κ3) is 4.53. The number of halogens is 3. The number of alkyl halides is 3. The predicted octanol–water partition coefficient (Wildman–Crippen LogP) is 4.44. The van der Waals surface area contributed by atoms with Crippen LogP contribution in [0.4, 0.5) is 13.2 Å². The number of hydrogen-bond acceptors (Lipinski definition) is 4. The Morgan fingerprint density at radius 3 is 2.52 bits per heavy atom. The summed E-state index contributed by atoms with van der Waals surface area (Å²) in [6, 6.07) is 11.5. The summed E-state index contributed by atoms with van der Waals surface area (Å²) in [6.07, 6.45) is -1.28. The van der Waals surface area contributed by atoms with Gasteiger partial charge in [0.2, 0.25) is 0 Å². The largest absolute Gasteiger partial charge is 0.496 e. The Bertz CT molecular complexity index is 841. The molecule has 1 aliphatic heterocycles. The zero-order valence-corrected chi connectivity index (χ0v) is 17.0. The number of rotatable bonds is 5. The van der Waals surface area contributed by atoms with Crippen molar-refractivity contribution in [2.75, 3.05) is 26.5 Å². The molecule has 156 valence electrons. The molecule has 1 aliphatic rings. The van der Waals surface area contributed by atoms with Crippen LogP contribution in [0.3, 0.4) is 0 Å². The summed E-state index contributed by atoms with van der Waals surface area (Å²) in [5, 5.41) is 6.41. The maximum atomic E-state index is 13.3. The normalized spacial score (nSPS) is 19.6. The van der Waals surface area contributed by atoms with Gasteiger partial charge < -0.3 is 15.4 Å². The molecular weight excluding hydrogens is 401 g/mol. The third-order valence-electron chi connectivity index (χ3n) is 5.12. The Labute approximate surface area is 172 Å². The van der Waals surface area contributed by atoms with Gasteiger partial charge in [-0.3, -0.25) is 4.79 Å². The summed E-state index contributed by atoms with van der Waals surface area (Å²) >= 11 is 1.08. The van der Waals surface area contributed by atoms with Gasteiger partial charge in [-0.25, -0.2) is 0 Å². The molecule has 0 bridgehead atoms. The Morgan fingerprint density at radius 1 is 1.24 bits per heavy atom. The fourth-order valence-corrected chi connectivity index (χ4v) is 4.31. The van der Waals surface area contributed by atoms with Crippen LogP contribution in [0, 0.1) is 0 Å². The van der Waals surface area contributed by atoms with E-state index in [1.54, 1.807) is 6.26 Å². The van der Waals surface area contributed by atoms with Crippen LogP contribution in [0.5, 0.6) is 5.75 Å². The van der Waals surface area contributed by atoms with Crippen molar-refractivity contribution in [2.45, 2.75) is 29.5 Å². The van der Waals surface area contributed by atoms with Gasteiger partial charge in [0, 0.05) is 11.4 Å². The summed E-state index contributed by atoms with van der Waals surface area (Å²) in [6.45, 7) is 1.39. The van der Waals surface area contributed by atoms with Crippen LogP contribution >= 0.6 is 11.8 Å². The van der Waals surface area contributed by atoms with Gasteiger partial charge in [0.05, 0.1) is 23.8 Å². The molecule has 2 N–H and O–H groups in total. The van der Waals surface area contributed by atoms with Crippen LogP contribution in [0.15, 0.2) is 47.4 Å². The highest BCUT2D eigenvalue weighted by molar-refractivity contribution is 7.98. The van der Waals surface area contributed by atoms with Gasteiger partial charge >= 0.3 is 6.18 Å². The van der Waals surface area contributed by atoms with Crippen LogP contribution < -0.4 is 15.4 Å². The molecule has 0 aliphatic carbocycles. The highest BCUT2D eigenvalue weighted by atomic mass is 32.2. The van der Waals surface area contributed by atoms with Gasteiger partial charge in [-0.2, -0.15) is 13.2 Å². The van der Waals surface area contributed by atoms with Gasteiger partial charge in [-0.05, 0) is 43.3 Å². The number of hydrogen-bond donors (Lipinski definition) is 2. The minimum absolute atomic E-state index is 0.0892. The van der Waals surface area contributed by atoms with Crippen molar-refractivity contribution in [1.82, 2.24) is 10.6 Å². The fourth-order valence-electron chi connectivity index (χ4n) is 3.67. The van der Waals surface area contributed by atoms with E-state index in [0.717, 1.165) is 48.8 Å². The third-order valence-corrected chi connectivity index (χ3v) is 5.89. The van der Waals surface area contributed by atoms with Crippen molar-refractivity contribution in [3.05, 3.63) is 59.2 Å². The Morgan fingerprint density at radius 2 is 1.97 bits per heavy atom. The zero-order chi connectivity index (χ0) is 21.1. The molecule has 1 heterocycles. The van der Waals surface area contributed by atoms with Gasteiger partial charge in [0.15, 0.2) is 0 Å². The average molecular weight is 424 g/mol. The second kappa shape index (κ2) is 8.67. The molecule has 3 rings (SSSR count). The molecule has 1 saturated heterocycles. The van der Waals surface area contributed by atoms with Crippen molar-refractivity contribution >= 4 is 17.7 Å². The van der Waals surface area contributed by atoms with E-state index in [2.05, 4.69) is 10.6 Å². The number of ether oxygens (including phenoxy) is 1. The number of methoxy groups -OCH3 is 1. The SMILES string of the molecule is COc1cc(C(F)(F)F)cc(SC)c1C(=O)N[C@@]1(c2ccccc2)CCCNC1. The standard InChI is InChI=1S/C21H23F3N2O2S/c1-28-16-11-15(21(22,23)24)12-17(29-2)18(16)19(27)26-20(9-6-10-25-13-20)14-7-4-3-5-8-14/h3-5,7-8,11-12,25H,6,9-10,13H2,1-2H3,(H,26,27)/t20-/m0/s1. The first-order valence-electron chi connectivity index (χ1n) is 9.23. The number of piperidine rings is 1. The molecule has 0 aromatic heterocycles. The van der Waals surface area contributed by atoms with Crippen molar-refractivity contribution < 1.29 is 22.7 Å². The summed E-state index contributed by atoms with van der Waals surface area (Å²) in [4.78, 5) is 13.5. The zero-order valence-electron chi connectivity index (χ0n) is 16.2. The van der Waals surface area contributed by atoms with Crippen LogP contribution in [0.2, 0.25) is 0 Å². The lowest BCUT2D eigenvalue weighted by molar-refractivity contribution is -0.137. The van der Waals surface area contributed by atoms with Crippen LogP contribution in [0.1, 0.15) is 34.3 Å². The van der Waals surface area contributed by atoms with E-state index < -0.39 is 23.2 Å². The lowest BCUT2D eigenvalue weighted by Gasteiger charge is -2.39. The number of thioether (sulfide) groups is 1. The predicted molar refractivity (Wildman–Crippen MR) is 107 cm³/mol. The molecule has 4 nitrogen and oxygen atoms in total. The maximum Gasteiger partial charge on any atom is 0.416 e. The molecule has 8 heteroatoms. The Kier molecular flexibility index (Phi) is 6.43. The second-order valence-electron chi connectivity index (χ2n) is 6.94. The van der Waals surface area contributed by atoms with Crippen molar-refractivity contribution in [3.8, 4) is 5.75 Å². The van der Waals surface area contributed by atoms with E-state index in [0.29, 0.717) is 6.54 Å². The summed E-state index contributed by atoms with van der Waals surface area (Å²) in [5.74, 6) is -0.541. The number of carbonyl (C=O) groups excluding carboxylic acids is 1. The first kappa shape index (κ1) is 21.5. The Balaban J connectivity index is 2.03. The quantitative estimate of drug-likeness (QED) is 0.697. The van der Waals surface area contributed by atoms with E-state index in [1.807, 2.05) is 30.3 Å². The van der Waals surface area contributed by atoms with Gasteiger partial charge in [-0.1, -0.05) is 30.3 Å². The van der Waals surface area contributed by atoms with E-state index in [-0.39, 0.29) is 16.2 Å². The van der Waals surface area contributed by atoms with E-state index >= 15 is 0 Å². The Hall–Kier alpha value is -2.19. The topological polar surface area (TPSA) is 50.4 Å². The number of carbonyl (C=O) groups is 1. The van der Waals surface area contributed by atoms with Crippen molar-refractivity contribution in [2.24, 2.45) is 0 Å². The first-order valence-corrected chi connectivity index (χ1v) is 10.5. The molecule has 29 heavy (non-hydrogen) atoms. The number of benzene rings is 2. The lowest BCUT2D eigenvalue weighted by atomic mass is 9.82. The number of amides is 1. The average Bonchev–Trinajstić information content (AvgIpc) is 2.73. The number of nitrogens with one attached hydrogen (secondary N) is 2. The molecule has 1 atom stereocenters. The minimum atomic E-state index is -4.52. The lowest BCUT2D eigenvalue weighted by Crippen LogP contribution is -2.55. The van der Waals surface area contributed by atoms with Crippen LogP contribution in [0.25, 0.3) is 0 Å². The molecule has 2 aromatic carbocycles. The van der Waals surface area contributed by atoms with E-state index in [9.17, 15) is 18.0 Å². The maximum absolute atomic E-state index is 13.3. The molecule has 0 saturated carbocycles. The van der Waals surface area contributed by atoms with Crippen molar-refractivity contribution in [3.63, 3.8) is 0 Å². The summed E-state index contributed by atoms with van der Waals surface area (Å²) in [5.41, 5.74) is -0.404. The summed E-state index contributed by atoms with van der Waals surface area (Å²) < 4.78 is 44.9. The second-order valence-corrected chi connectivity index (χ2v) is 7.78. The highest BCUT2D eigenvalue weighted by Gasteiger charge is 2.38. The van der Waals surface area contributed by atoms with Gasteiger partial charge in [0.25, 0.3) is 5.91 Å². The molecule has 0 radical (unpaired) electrons. The van der Waals surface area contributed by atoms with Crippen molar-refractivity contribution in [1.29, 1.82) is 0 Å². The first-order chi connectivity index (χ1) is 13.8. The molecule has 0 unspecified atom stereocenters. The molecule has 1 fully saturated rings. The van der Waals surface area contributed by atoms with Gasteiger partial charge in [-0.15, -0.1) is 11.8 Å². The smallest absolute Gasteiger partial charge is 0.416 e. The monoisotopic (exact) mass is 424 g/mol.